The Morgan fingerprint density at radius 3 is 2.88 bits per heavy atom. The lowest BCUT2D eigenvalue weighted by Gasteiger charge is -2.26. The summed E-state index contributed by atoms with van der Waals surface area (Å²) in [5.74, 6) is 0.484. The number of furan rings is 1. The van der Waals surface area contributed by atoms with Crippen molar-refractivity contribution < 1.29 is 13.9 Å². The van der Waals surface area contributed by atoms with E-state index in [1.54, 1.807) is 24.3 Å². The molecule has 0 fully saturated rings. The first-order valence-corrected chi connectivity index (χ1v) is 8.26. The van der Waals surface area contributed by atoms with Crippen molar-refractivity contribution in [1.82, 2.24) is 15.1 Å². The van der Waals surface area contributed by atoms with Crippen LogP contribution < -0.4 is 0 Å². The number of methoxy groups -OCH3 is 1. The summed E-state index contributed by atoms with van der Waals surface area (Å²) >= 11 is 6.44. The molecule has 1 aliphatic rings. The predicted octanol–water partition coefficient (Wildman–Crippen LogP) is 3.51. The normalized spacial score (nSPS) is 16.5. The van der Waals surface area contributed by atoms with E-state index in [2.05, 4.69) is 10.2 Å². The molecule has 1 unspecified atom stereocenters. The SMILES string of the molecule is COCCN1C(=O)c2n[nH]c(-c3ccco3)c2C1c1ccccc1Cl. The maximum Gasteiger partial charge on any atom is 0.275 e. The lowest BCUT2D eigenvalue weighted by molar-refractivity contribution is 0.0677. The number of carbonyl (C=O) groups excluding carboxylic acids is 1. The summed E-state index contributed by atoms with van der Waals surface area (Å²) in [6.07, 6.45) is 1.59. The van der Waals surface area contributed by atoms with Gasteiger partial charge in [0.1, 0.15) is 5.69 Å². The van der Waals surface area contributed by atoms with Crippen LogP contribution in [0.25, 0.3) is 11.5 Å². The number of rotatable bonds is 5. The summed E-state index contributed by atoms with van der Waals surface area (Å²) in [6.45, 7) is 0.871. The number of carbonyl (C=O) groups is 1. The lowest BCUT2D eigenvalue weighted by atomic mass is 9.98. The van der Waals surface area contributed by atoms with Crippen molar-refractivity contribution in [2.24, 2.45) is 0 Å². The van der Waals surface area contributed by atoms with Crippen molar-refractivity contribution in [2.75, 3.05) is 20.3 Å². The van der Waals surface area contributed by atoms with Crippen molar-refractivity contribution in [3.8, 4) is 11.5 Å². The number of fused-ring (bicyclic) bond motifs is 1. The second-order valence-electron chi connectivity index (χ2n) is 5.75. The molecule has 0 saturated heterocycles. The zero-order valence-electron chi connectivity index (χ0n) is 13.5. The van der Waals surface area contributed by atoms with E-state index < -0.39 is 0 Å². The van der Waals surface area contributed by atoms with Crippen molar-refractivity contribution in [2.45, 2.75) is 6.04 Å². The number of amides is 1. The number of H-pyrrole nitrogens is 1. The molecule has 3 heterocycles. The van der Waals surface area contributed by atoms with Crippen LogP contribution in [0.2, 0.25) is 5.02 Å². The molecule has 6 nitrogen and oxygen atoms in total. The highest BCUT2D eigenvalue weighted by Crippen LogP contribution is 2.44. The number of ether oxygens (including phenoxy) is 1. The van der Waals surface area contributed by atoms with Gasteiger partial charge in [-0.2, -0.15) is 5.10 Å². The molecule has 1 aliphatic heterocycles. The third kappa shape index (κ3) is 2.54. The van der Waals surface area contributed by atoms with Crippen LogP contribution in [0, 0.1) is 0 Å². The highest BCUT2D eigenvalue weighted by Gasteiger charge is 2.43. The number of halogens is 1. The van der Waals surface area contributed by atoms with E-state index in [0.29, 0.717) is 35.3 Å². The number of nitrogens with one attached hydrogen (secondary N) is 1. The molecule has 0 saturated carbocycles. The Morgan fingerprint density at radius 2 is 2.16 bits per heavy atom. The third-order valence-corrected chi connectivity index (χ3v) is 4.70. The van der Waals surface area contributed by atoms with Crippen molar-refractivity contribution >= 4 is 17.5 Å². The standard InChI is InChI=1S/C18H16ClN3O3/c1-24-10-8-22-17(11-5-2-3-6-12(11)19)14-15(13-7-4-9-25-13)20-21-16(14)18(22)23/h2-7,9,17H,8,10H2,1H3,(H,20,21). The Hall–Kier alpha value is -2.57. The van der Waals surface area contributed by atoms with Gasteiger partial charge < -0.3 is 14.1 Å². The number of hydrogen-bond acceptors (Lipinski definition) is 4. The molecule has 3 aromatic rings. The molecule has 1 atom stereocenters. The Kier molecular flexibility index (Phi) is 4.07. The highest BCUT2D eigenvalue weighted by atomic mass is 35.5. The number of aromatic nitrogens is 2. The highest BCUT2D eigenvalue weighted by molar-refractivity contribution is 6.31. The molecule has 25 heavy (non-hydrogen) atoms. The largest absolute Gasteiger partial charge is 0.463 e. The van der Waals surface area contributed by atoms with Gasteiger partial charge >= 0.3 is 0 Å². The monoisotopic (exact) mass is 357 g/mol. The summed E-state index contributed by atoms with van der Waals surface area (Å²) in [5.41, 5.74) is 2.72. The molecule has 4 rings (SSSR count). The average molecular weight is 358 g/mol. The van der Waals surface area contributed by atoms with Crippen LogP contribution in [0.1, 0.15) is 27.7 Å². The van der Waals surface area contributed by atoms with E-state index in [0.717, 1.165) is 11.1 Å². The molecule has 0 radical (unpaired) electrons. The van der Waals surface area contributed by atoms with E-state index in [1.165, 1.54) is 0 Å². The summed E-state index contributed by atoms with van der Waals surface area (Å²) < 4.78 is 10.7. The van der Waals surface area contributed by atoms with Crippen LogP contribution in [0.15, 0.2) is 47.1 Å². The summed E-state index contributed by atoms with van der Waals surface area (Å²) in [7, 11) is 1.61. The maximum atomic E-state index is 12.9. The zero-order valence-corrected chi connectivity index (χ0v) is 14.3. The molecule has 0 bridgehead atoms. The number of aromatic amines is 1. The van der Waals surface area contributed by atoms with E-state index in [-0.39, 0.29) is 11.9 Å². The molecular weight excluding hydrogens is 342 g/mol. The number of nitrogens with zero attached hydrogens (tertiary/aromatic N) is 2. The fraction of sp³-hybridized carbons (Fsp3) is 0.222. The minimum Gasteiger partial charge on any atom is -0.463 e. The summed E-state index contributed by atoms with van der Waals surface area (Å²) in [4.78, 5) is 14.6. The van der Waals surface area contributed by atoms with Crippen molar-refractivity contribution in [3.63, 3.8) is 0 Å². The molecule has 128 valence electrons. The van der Waals surface area contributed by atoms with E-state index >= 15 is 0 Å². The Morgan fingerprint density at radius 1 is 1.32 bits per heavy atom. The van der Waals surface area contributed by atoms with Gasteiger partial charge in [0, 0.05) is 24.2 Å². The van der Waals surface area contributed by atoms with Crippen LogP contribution in [-0.4, -0.2) is 41.3 Å². The van der Waals surface area contributed by atoms with E-state index in [1.807, 2.05) is 30.3 Å². The molecule has 1 N–H and O–H groups in total. The molecule has 1 aromatic carbocycles. The van der Waals surface area contributed by atoms with Gasteiger partial charge in [-0.1, -0.05) is 29.8 Å². The van der Waals surface area contributed by atoms with E-state index in [9.17, 15) is 4.79 Å². The first-order valence-electron chi connectivity index (χ1n) is 7.89. The second kappa shape index (κ2) is 6.38. The van der Waals surface area contributed by atoms with Gasteiger partial charge in [-0.25, -0.2) is 0 Å². The minimum absolute atomic E-state index is 0.147. The van der Waals surface area contributed by atoms with E-state index in [4.69, 9.17) is 20.8 Å². The molecular formula is C18H16ClN3O3. The Bertz CT molecular complexity index is 904. The molecule has 1 amide bonds. The summed E-state index contributed by atoms with van der Waals surface area (Å²) in [5, 5.41) is 7.78. The van der Waals surface area contributed by atoms with Crippen molar-refractivity contribution in [1.29, 1.82) is 0 Å². The molecule has 0 spiro atoms. The quantitative estimate of drug-likeness (QED) is 0.758. The summed E-state index contributed by atoms with van der Waals surface area (Å²) in [6, 6.07) is 10.8. The fourth-order valence-electron chi connectivity index (χ4n) is 3.24. The van der Waals surface area contributed by atoms with Gasteiger partial charge in [-0.05, 0) is 23.8 Å². The first kappa shape index (κ1) is 15.9. The Balaban J connectivity index is 1.88. The van der Waals surface area contributed by atoms with Crippen LogP contribution in [0.4, 0.5) is 0 Å². The van der Waals surface area contributed by atoms with Crippen LogP contribution in [0.5, 0.6) is 0 Å². The molecule has 0 aliphatic carbocycles. The van der Waals surface area contributed by atoms with Crippen LogP contribution >= 0.6 is 11.6 Å². The third-order valence-electron chi connectivity index (χ3n) is 4.36. The van der Waals surface area contributed by atoms with Gasteiger partial charge in [0.05, 0.1) is 18.9 Å². The molecule has 2 aromatic heterocycles. The van der Waals surface area contributed by atoms with Crippen molar-refractivity contribution in [3.05, 3.63) is 64.5 Å². The lowest BCUT2D eigenvalue weighted by Crippen LogP contribution is -2.32. The fourth-order valence-corrected chi connectivity index (χ4v) is 3.48. The van der Waals surface area contributed by atoms with Crippen LogP contribution in [0.3, 0.4) is 0 Å². The van der Waals surface area contributed by atoms with Gasteiger partial charge in [-0.15, -0.1) is 0 Å². The number of benzene rings is 1. The van der Waals surface area contributed by atoms with Gasteiger partial charge in [-0.3, -0.25) is 9.89 Å². The second-order valence-corrected chi connectivity index (χ2v) is 6.16. The minimum atomic E-state index is -0.342. The van der Waals surface area contributed by atoms with Gasteiger partial charge in [0.25, 0.3) is 5.91 Å². The average Bonchev–Trinajstić information content (AvgIpc) is 3.32. The van der Waals surface area contributed by atoms with Gasteiger partial charge in [0.15, 0.2) is 11.5 Å². The topological polar surface area (TPSA) is 71.4 Å². The smallest absolute Gasteiger partial charge is 0.275 e. The maximum absolute atomic E-state index is 12.9. The van der Waals surface area contributed by atoms with Crippen LogP contribution in [-0.2, 0) is 4.74 Å². The number of hydrogen-bond donors (Lipinski definition) is 1. The first-order chi connectivity index (χ1) is 12.2. The zero-order chi connectivity index (χ0) is 17.4. The molecule has 7 heteroatoms. The Labute approximate surface area is 149 Å². The predicted molar refractivity (Wildman–Crippen MR) is 92.5 cm³/mol. The van der Waals surface area contributed by atoms with Gasteiger partial charge in [0.2, 0.25) is 0 Å².